The SMILES string of the molecule is COP(=O)(OC)c1c(CCc2ccccc2)c2ccccc2oc1=O. The molecule has 0 unspecified atom stereocenters. The molecular formula is C19H19O5P. The molecule has 0 bridgehead atoms. The van der Waals surface area contributed by atoms with Crippen LogP contribution in [-0.4, -0.2) is 14.2 Å². The molecule has 0 amide bonds. The summed E-state index contributed by atoms with van der Waals surface area (Å²) in [5, 5.41) is 0.717. The number of para-hydroxylation sites is 1. The highest BCUT2D eigenvalue weighted by Crippen LogP contribution is 2.45. The van der Waals surface area contributed by atoms with Gasteiger partial charge in [0.2, 0.25) is 0 Å². The van der Waals surface area contributed by atoms with Crippen LogP contribution in [-0.2, 0) is 26.5 Å². The Kier molecular flexibility index (Phi) is 5.19. The molecule has 0 radical (unpaired) electrons. The molecule has 0 aliphatic rings. The van der Waals surface area contributed by atoms with E-state index in [9.17, 15) is 9.36 Å². The van der Waals surface area contributed by atoms with E-state index < -0.39 is 13.2 Å². The molecule has 130 valence electrons. The quantitative estimate of drug-likeness (QED) is 0.497. The molecule has 1 heterocycles. The third-order valence-corrected chi connectivity index (χ3v) is 6.12. The van der Waals surface area contributed by atoms with E-state index in [1.54, 1.807) is 12.1 Å². The van der Waals surface area contributed by atoms with Crippen LogP contribution in [0.2, 0.25) is 0 Å². The topological polar surface area (TPSA) is 65.7 Å². The molecule has 3 rings (SSSR count). The first-order chi connectivity index (χ1) is 12.1. The van der Waals surface area contributed by atoms with Crippen molar-refractivity contribution in [3.05, 3.63) is 76.1 Å². The molecule has 6 heteroatoms. The van der Waals surface area contributed by atoms with E-state index in [0.29, 0.717) is 24.0 Å². The first-order valence-corrected chi connectivity index (χ1v) is 9.44. The number of aryl methyl sites for hydroxylation is 2. The zero-order chi connectivity index (χ0) is 17.9. The lowest BCUT2D eigenvalue weighted by molar-refractivity contribution is 0.286. The van der Waals surface area contributed by atoms with E-state index in [2.05, 4.69) is 0 Å². The van der Waals surface area contributed by atoms with Crippen molar-refractivity contribution in [3.8, 4) is 0 Å². The number of rotatable bonds is 6. The Labute approximate surface area is 145 Å². The fraction of sp³-hybridized carbons (Fsp3) is 0.211. The zero-order valence-electron chi connectivity index (χ0n) is 14.1. The molecule has 0 aliphatic heterocycles. The van der Waals surface area contributed by atoms with Gasteiger partial charge >= 0.3 is 13.2 Å². The molecule has 0 aliphatic carbocycles. The Balaban J connectivity index is 2.19. The Hall–Kier alpha value is -2.20. The number of benzene rings is 2. The van der Waals surface area contributed by atoms with Crippen molar-refractivity contribution in [2.24, 2.45) is 0 Å². The largest absolute Gasteiger partial charge is 0.422 e. The third kappa shape index (κ3) is 3.45. The molecule has 2 aromatic carbocycles. The lowest BCUT2D eigenvalue weighted by atomic mass is 10.0. The summed E-state index contributed by atoms with van der Waals surface area (Å²) in [5.41, 5.74) is 1.53. The molecule has 0 N–H and O–H groups in total. The molecule has 0 fully saturated rings. The minimum atomic E-state index is -3.74. The van der Waals surface area contributed by atoms with Crippen LogP contribution in [0.1, 0.15) is 11.1 Å². The molecule has 0 saturated heterocycles. The van der Waals surface area contributed by atoms with E-state index in [0.717, 1.165) is 10.9 Å². The summed E-state index contributed by atoms with van der Waals surface area (Å²) in [6, 6.07) is 17.1. The Morgan fingerprint density at radius 3 is 2.24 bits per heavy atom. The van der Waals surface area contributed by atoms with E-state index in [1.807, 2.05) is 42.5 Å². The van der Waals surface area contributed by atoms with Gasteiger partial charge in [0.15, 0.2) is 5.30 Å². The van der Waals surface area contributed by atoms with Crippen LogP contribution in [0, 0.1) is 0 Å². The maximum absolute atomic E-state index is 12.9. The Bertz CT molecular complexity index is 970. The van der Waals surface area contributed by atoms with E-state index >= 15 is 0 Å². The molecule has 1 aromatic heterocycles. The van der Waals surface area contributed by atoms with Gasteiger partial charge < -0.3 is 13.5 Å². The van der Waals surface area contributed by atoms with Crippen molar-refractivity contribution in [2.75, 3.05) is 14.2 Å². The standard InChI is InChI=1S/C19H19O5P/c1-22-25(21,23-2)18-16(13-12-14-8-4-3-5-9-14)15-10-6-7-11-17(15)24-19(18)20/h3-11H,12-13H2,1-2H3. The van der Waals surface area contributed by atoms with Gasteiger partial charge in [-0.1, -0.05) is 48.5 Å². The lowest BCUT2D eigenvalue weighted by Crippen LogP contribution is -2.29. The fourth-order valence-corrected chi connectivity index (χ4v) is 4.25. The molecular weight excluding hydrogens is 339 g/mol. The third-order valence-electron chi connectivity index (χ3n) is 4.16. The van der Waals surface area contributed by atoms with Crippen molar-refractivity contribution in [3.63, 3.8) is 0 Å². The second-order valence-electron chi connectivity index (χ2n) is 5.56. The summed E-state index contributed by atoms with van der Waals surface area (Å²) >= 11 is 0. The van der Waals surface area contributed by atoms with Crippen molar-refractivity contribution in [1.82, 2.24) is 0 Å². The summed E-state index contributed by atoms with van der Waals surface area (Å²) in [5.74, 6) is 0. The first kappa shape index (κ1) is 17.6. The minimum Gasteiger partial charge on any atom is -0.422 e. The summed E-state index contributed by atoms with van der Waals surface area (Å²) in [6.07, 6.45) is 1.21. The molecule has 0 atom stereocenters. The number of hydrogen-bond acceptors (Lipinski definition) is 5. The van der Waals surface area contributed by atoms with Gasteiger partial charge in [-0.05, 0) is 30.0 Å². The average molecular weight is 358 g/mol. The Morgan fingerprint density at radius 1 is 0.920 bits per heavy atom. The van der Waals surface area contributed by atoms with Gasteiger partial charge in [0.05, 0.1) is 0 Å². The smallest absolute Gasteiger partial charge is 0.368 e. The number of fused-ring (bicyclic) bond motifs is 1. The predicted octanol–water partition coefficient (Wildman–Crippen LogP) is 3.69. The molecule has 3 aromatic rings. The zero-order valence-corrected chi connectivity index (χ0v) is 15.0. The van der Waals surface area contributed by atoms with Gasteiger partial charge in [0.25, 0.3) is 0 Å². The minimum absolute atomic E-state index is 0.0212. The van der Waals surface area contributed by atoms with Crippen LogP contribution in [0.4, 0.5) is 0 Å². The van der Waals surface area contributed by atoms with Crippen molar-refractivity contribution in [1.29, 1.82) is 0 Å². The van der Waals surface area contributed by atoms with E-state index in [4.69, 9.17) is 13.5 Å². The van der Waals surface area contributed by atoms with Gasteiger partial charge in [-0.2, -0.15) is 0 Å². The van der Waals surface area contributed by atoms with Crippen molar-refractivity contribution >= 4 is 23.9 Å². The van der Waals surface area contributed by atoms with Crippen molar-refractivity contribution in [2.45, 2.75) is 12.8 Å². The van der Waals surface area contributed by atoms with Crippen LogP contribution in [0.3, 0.4) is 0 Å². The maximum atomic E-state index is 12.9. The van der Waals surface area contributed by atoms with Crippen LogP contribution in [0.15, 0.2) is 63.8 Å². The number of hydrogen-bond donors (Lipinski definition) is 0. The first-order valence-electron chi connectivity index (χ1n) is 7.90. The monoisotopic (exact) mass is 358 g/mol. The van der Waals surface area contributed by atoms with Crippen LogP contribution in [0.5, 0.6) is 0 Å². The Morgan fingerprint density at radius 2 is 1.56 bits per heavy atom. The van der Waals surface area contributed by atoms with Gasteiger partial charge in [-0.3, -0.25) is 4.57 Å². The van der Waals surface area contributed by atoms with Gasteiger partial charge in [-0.25, -0.2) is 4.79 Å². The second kappa shape index (κ2) is 7.36. The fourth-order valence-electron chi connectivity index (χ4n) is 2.91. The van der Waals surface area contributed by atoms with E-state index in [1.165, 1.54) is 14.2 Å². The highest BCUT2D eigenvalue weighted by atomic mass is 31.2. The molecule has 0 saturated carbocycles. The molecule has 5 nitrogen and oxygen atoms in total. The lowest BCUT2D eigenvalue weighted by Gasteiger charge is -2.17. The second-order valence-corrected chi connectivity index (χ2v) is 7.73. The van der Waals surface area contributed by atoms with Crippen LogP contribution < -0.4 is 10.9 Å². The molecule has 25 heavy (non-hydrogen) atoms. The van der Waals surface area contributed by atoms with Gasteiger partial charge in [0.1, 0.15) is 5.58 Å². The van der Waals surface area contributed by atoms with Crippen LogP contribution >= 0.6 is 7.60 Å². The predicted molar refractivity (Wildman–Crippen MR) is 97.6 cm³/mol. The van der Waals surface area contributed by atoms with Gasteiger partial charge in [0, 0.05) is 19.6 Å². The summed E-state index contributed by atoms with van der Waals surface area (Å²) < 4.78 is 28.4. The highest BCUT2D eigenvalue weighted by Gasteiger charge is 2.33. The maximum Gasteiger partial charge on any atom is 0.368 e. The van der Waals surface area contributed by atoms with Crippen LogP contribution in [0.25, 0.3) is 11.0 Å². The highest BCUT2D eigenvalue weighted by molar-refractivity contribution is 7.62. The normalized spacial score (nSPS) is 11.8. The summed E-state index contributed by atoms with van der Waals surface area (Å²) in [7, 11) is -1.21. The van der Waals surface area contributed by atoms with Gasteiger partial charge in [-0.15, -0.1) is 0 Å². The average Bonchev–Trinajstić information content (AvgIpc) is 2.66. The summed E-state index contributed by atoms with van der Waals surface area (Å²) in [6.45, 7) is 0. The van der Waals surface area contributed by atoms with E-state index in [-0.39, 0.29) is 5.30 Å². The molecule has 0 spiro atoms. The van der Waals surface area contributed by atoms with Crippen molar-refractivity contribution < 1.29 is 18.0 Å². The summed E-state index contributed by atoms with van der Waals surface area (Å²) in [4.78, 5) is 12.5.